The monoisotopic (exact) mass is 346 g/mol. The molecule has 0 radical (unpaired) electrons. The normalized spacial score (nSPS) is 14.6. The van der Waals surface area contributed by atoms with Crippen molar-refractivity contribution in [2.45, 2.75) is 38.3 Å². The lowest BCUT2D eigenvalue weighted by Gasteiger charge is -2.29. The molecule has 0 atom stereocenters. The second-order valence-corrected chi connectivity index (χ2v) is 6.95. The number of carbonyl (C=O) groups excluding carboxylic acids is 1. The number of pyridine rings is 1. The number of rotatable bonds is 4. The number of hydrogen-bond acceptors (Lipinski definition) is 2. The van der Waals surface area contributed by atoms with Crippen molar-refractivity contribution in [3.05, 3.63) is 82.1 Å². The topological polar surface area (TPSA) is 53.2 Å². The number of H-pyrrole nitrogens is 1. The molecule has 1 N–H and O–H groups in total. The predicted molar refractivity (Wildman–Crippen MR) is 103 cm³/mol. The Kier molecular flexibility index (Phi) is 4.57. The van der Waals surface area contributed by atoms with E-state index in [0.717, 1.165) is 36.6 Å². The number of para-hydroxylation sites is 1. The lowest BCUT2D eigenvalue weighted by molar-refractivity contribution is 0.0664. The van der Waals surface area contributed by atoms with Crippen molar-refractivity contribution in [2.75, 3.05) is 0 Å². The molecule has 4 nitrogen and oxygen atoms in total. The number of fused-ring (bicyclic) bond motifs is 1. The first-order valence-corrected chi connectivity index (χ1v) is 9.19. The van der Waals surface area contributed by atoms with Gasteiger partial charge in [-0.05, 0) is 42.5 Å². The Balaban J connectivity index is 1.70. The van der Waals surface area contributed by atoms with Gasteiger partial charge in [-0.3, -0.25) is 9.59 Å². The lowest BCUT2D eigenvalue weighted by atomic mass is 10.1. The van der Waals surface area contributed by atoms with Crippen LogP contribution in [0, 0.1) is 0 Å². The van der Waals surface area contributed by atoms with Gasteiger partial charge in [0.15, 0.2) is 0 Å². The number of benzene rings is 2. The minimum Gasteiger partial charge on any atom is -0.331 e. The summed E-state index contributed by atoms with van der Waals surface area (Å²) in [5, 5.41) is 0.987. The first-order chi connectivity index (χ1) is 12.7. The van der Waals surface area contributed by atoms with Crippen LogP contribution in [-0.4, -0.2) is 21.8 Å². The second-order valence-electron chi connectivity index (χ2n) is 6.95. The van der Waals surface area contributed by atoms with Crippen LogP contribution in [0.15, 0.2) is 65.5 Å². The molecule has 4 heteroatoms. The summed E-state index contributed by atoms with van der Waals surface area (Å²) in [6.45, 7) is 0.346. The molecule has 0 spiro atoms. The minimum absolute atomic E-state index is 0.00468. The van der Waals surface area contributed by atoms with Crippen LogP contribution in [0.25, 0.3) is 10.9 Å². The van der Waals surface area contributed by atoms with Gasteiger partial charge < -0.3 is 9.88 Å². The molecule has 1 heterocycles. The molecule has 1 amide bonds. The van der Waals surface area contributed by atoms with E-state index in [9.17, 15) is 9.59 Å². The zero-order chi connectivity index (χ0) is 17.9. The molecule has 1 aromatic heterocycles. The van der Waals surface area contributed by atoms with E-state index in [1.807, 2.05) is 65.6 Å². The minimum atomic E-state index is -0.118. The molecular weight excluding hydrogens is 324 g/mol. The van der Waals surface area contributed by atoms with Crippen LogP contribution in [0.3, 0.4) is 0 Å². The Labute approximate surface area is 152 Å². The number of hydrogen-bond donors (Lipinski definition) is 1. The van der Waals surface area contributed by atoms with Crippen LogP contribution in [0.4, 0.5) is 0 Å². The molecule has 4 rings (SSSR count). The van der Waals surface area contributed by atoms with E-state index in [-0.39, 0.29) is 17.5 Å². The number of aromatic amines is 1. The zero-order valence-corrected chi connectivity index (χ0v) is 14.7. The number of amides is 1. The number of carbonyl (C=O) groups is 1. The van der Waals surface area contributed by atoms with Crippen molar-refractivity contribution >= 4 is 16.8 Å². The summed E-state index contributed by atoms with van der Waals surface area (Å²) >= 11 is 0. The van der Waals surface area contributed by atoms with Crippen molar-refractivity contribution in [3.63, 3.8) is 0 Å². The highest BCUT2D eigenvalue weighted by Crippen LogP contribution is 2.26. The molecule has 2 aromatic carbocycles. The van der Waals surface area contributed by atoms with Gasteiger partial charge in [-0.2, -0.15) is 0 Å². The van der Waals surface area contributed by atoms with Crippen molar-refractivity contribution in [1.82, 2.24) is 9.88 Å². The Bertz CT molecular complexity index is 972. The van der Waals surface area contributed by atoms with Gasteiger partial charge in [0.25, 0.3) is 11.5 Å². The van der Waals surface area contributed by atoms with Gasteiger partial charge in [0.2, 0.25) is 0 Å². The highest BCUT2D eigenvalue weighted by atomic mass is 16.2. The Morgan fingerprint density at radius 2 is 1.69 bits per heavy atom. The summed E-state index contributed by atoms with van der Waals surface area (Å²) in [5.41, 5.74) is 2.02. The molecule has 0 unspecified atom stereocenters. The van der Waals surface area contributed by atoms with Crippen LogP contribution in [0.5, 0.6) is 0 Å². The third kappa shape index (κ3) is 3.27. The summed E-state index contributed by atoms with van der Waals surface area (Å²) < 4.78 is 0. The maximum absolute atomic E-state index is 13.1. The predicted octanol–water partition coefficient (Wildman–Crippen LogP) is 4.11. The summed E-state index contributed by atoms with van der Waals surface area (Å²) in [4.78, 5) is 30.5. The van der Waals surface area contributed by atoms with Crippen molar-refractivity contribution < 1.29 is 4.79 Å². The molecule has 0 bridgehead atoms. The first-order valence-electron chi connectivity index (χ1n) is 9.19. The third-order valence-electron chi connectivity index (χ3n) is 5.22. The fourth-order valence-electron chi connectivity index (χ4n) is 3.82. The maximum atomic E-state index is 13.1. The summed E-state index contributed by atoms with van der Waals surface area (Å²) in [7, 11) is 0. The summed E-state index contributed by atoms with van der Waals surface area (Å²) in [5.74, 6) is 0.00468. The van der Waals surface area contributed by atoms with E-state index in [4.69, 9.17) is 0 Å². The van der Waals surface area contributed by atoms with Crippen LogP contribution >= 0.6 is 0 Å². The molecule has 0 saturated heterocycles. The molecule has 1 aliphatic rings. The Morgan fingerprint density at radius 1 is 1.00 bits per heavy atom. The zero-order valence-electron chi connectivity index (χ0n) is 14.7. The smallest absolute Gasteiger partial charge is 0.254 e. The molecule has 132 valence electrons. The maximum Gasteiger partial charge on any atom is 0.254 e. The van der Waals surface area contributed by atoms with E-state index in [0.29, 0.717) is 17.7 Å². The molecule has 1 saturated carbocycles. The van der Waals surface area contributed by atoms with Gasteiger partial charge in [-0.15, -0.1) is 0 Å². The average Bonchev–Trinajstić information content (AvgIpc) is 3.21. The average molecular weight is 346 g/mol. The van der Waals surface area contributed by atoms with Gasteiger partial charge in [0.1, 0.15) is 0 Å². The number of aromatic nitrogens is 1. The highest BCUT2D eigenvalue weighted by Gasteiger charge is 2.28. The van der Waals surface area contributed by atoms with Crippen LogP contribution < -0.4 is 5.56 Å². The highest BCUT2D eigenvalue weighted by molar-refractivity contribution is 5.94. The van der Waals surface area contributed by atoms with Gasteiger partial charge in [-0.25, -0.2) is 0 Å². The van der Waals surface area contributed by atoms with E-state index >= 15 is 0 Å². The fraction of sp³-hybridized carbons (Fsp3) is 0.273. The quantitative estimate of drug-likeness (QED) is 0.773. The molecule has 0 aliphatic heterocycles. The summed E-state index contributed by atoms with van der Waals surface area (Å²) in [6, 6.07) is 19.2. The van der Waals surface area contributed by atoms with Gasteiger partial charge in [0, 0.05) is 22.7 Å². The van der Waals surface area contributed by atoms with E-state index < -0.39 is 0 Å². The van der Waals surface area contributed by atoms with E-state index in [1.54, 1.807) is 0 Å². The molecule has 1 aliphatic carbocycles. The molecule has 3 aromatic rings. The Morgan fingerprint density at radius 3 is 2.46 bits per heavy atom. The van der Waals surface area contributed by atoms with Crippen molar-refractivity contribution in [3.8, 4) is 0 Å². The molecule has 1 fully saturated rings. The standard InChI is InChI=1S/C22H22N2O2/c25-21-18(14-17-10-4-7-13-20(17)23-21)15-24(19-11-5-6-12-19)22(26)16-8-2-1-3-9-16/h1-4,7-10,13-14,19H,5-6,11-12,15H2,(H,23,25). The van der Waals surface area contributed by atoms with E-state index in [1.165, 1.54) is 0 Å². The third-order valence-corrected chi connectivity index (χ3v) is 5.22. The van der Waals surface area contributed by atoms with Crippen molar-refractivity contribution in [2.24, 2.45) is 0 Å². The van der Waals surface area contributed by atoms with Crippen LogP contribution in [-0.2, 0) is 6.54 Å². The number of nitrogens with zero attached hydrogens (tertiary/aromatic N) is 1. The van der Waals surface area contributed by atoms with E-state index in [2.05, 4.69) is 4.98 Å². The van der Waals surface area contributed by atoms with Gasteiger partial charge >= 0.3 is 0 Å². The Hall–Kier alpha value is -2.88. The fourth-order valence-corrected chi connectivity index (χ4v) is 3.82. The van der Waals surface area contributed by atoms with Gasteiger partial charge in [-0.1, -0.05) is 49.2 Å². The van der Waals surface area contributed by atoms with Crippen molar-refractivity contribution in [1.29, 1.82) is 0 Å². The largest absolute Gasteiger partial charge is 0.331 e. The van der Waals surface area contributed by atoms with Gasteiger partial charge in [0.05, 0.1) is 6.54 Å². The van der Waals surface area contributed by atoms with Crippen LogP contribution in [0.2, 0.25) is 0 Å². The second kappa shape index (κ2) is 7.16. The molecule has 26 heavy (non-hydrogen) atoms. The van der Waals surface area contributed by atoms with Crippen LogP contribution in [0.1, 0.15) is 41.6 Å². The summed E-state index contributed by atoms with van der Waals surface area (Å²) in [6.07, 6.45) is 4.28. The molecular formula is C22H22N2O2. The SMILES string of the molecule is O=C(c1ccccc1)N(Cc1cc2ccccc2[nH]c1=O)C1CCCC1. The number of nitrogens with one attached hydrogen (secondary N) is 1. The first kappa shape index (κ1) is 16.6. The lowest BCUT2D eigenvalue weighted by Crippen LogP contribution is -2.39.